The highest BCUT2D eigenvalue weighted by Crippen LogP contribution is 2.31. The molecule has 1 amide bonds. The number of fused-ring (bicyclic) bond motifs is 1. The van der Waals surface area contributed by atoms with E-state index in [2.05, 4.69) is 15.0 Å². The Morgan fingerprint density at radius 1 is 1.43 bits per heavy atom. The predicted molar refractivity (Wildman–Crippen MR) is 75.2 cm³/mol. The third-order valence-corrected chi connectivity index (χ3v) is 3.49. The van der Waals surface area contributed by atoms with E-state index in [0.29, 0.717) is 10.2 Å². The molecule has 1 aromatic heterocycles. The number of nitrogens with two attached hydrogens (primary N) is 1. The Bertz CT molecular complexity index is 747. The molecule has 0 radical (unpaired) electrons. The van der Waals surface area contributed by atoms with Gasteiger partial charge in [0.25, 0.3) is 0 Å². The number of benzene rings is 1. The zero-order valence-corrected chi connectivity index (χ0v) is 12.1. The number of alkyl halides is 3. The van der Waals surface area contributed by atoms with Gasteiger partial charge in [0.15, 0.2) is 5.13 Å². The molecule has 0 saturated heterocycles. The molecule has 0 bridgehead atoms. The van der Waals surface area contributed by atoms with E-state index >= 15 is 0 Å². The number of thiazole rings is 1. The van der Waals surface area contributed by atoms with Crippen LogP contribution in [-0.2, 0) is 9.59 Å². The topological polar surface area (TPSA) is 115 Å². The average molecular weight is 349 g/mol. The lowest BCUT2D eigenvalue weighted by atomic mass is 10.2. The molecular weight excluding hydrogens is 339 g/mol. The minimum atomic E-state index is -4.81. The van der Waals surface area contributed by atoms with Crippen LogP contribution < -0.4 is 15.8 Å². The molecule has 0 aliphatic carbocycles. The number of ether oxygens (including phenoxy) is 1. The Balaban J connectivity index is 2.14. The van der Waals surface area contributed by atoms with Gasteiger partial charge in [0.2, 0.25) is 5.91 Å². The molecule has 124 valence electrons. The molecule has 0 aliphatic rings. The van der Waals surface area contributed by atoms with Crippen LogP contribution in [0.25, 0.3) is 10.2 Å². The lowest BCUT2D eigenvalue weighted by Crippen LogP contribution is -2.37. The first-order valence-corrected chi connectivity index (χ1v) is 6.90. The van der Waals surface area contributed by atoms with E-state index in [0.717, 1.165) is 23.5 Å². The maximum Gasteiger partial charge on any atom is 0.573 e. The number of rotatable bonds is 5. The van der Waals surface area contributed by atoms with Gasteiger partial charge >= 0.3 is 12.3 Å². The highest BCUT2D eigenvalue weighted by Gasteiger charge is 2.31. The third-order valence-electron chi connectivity index (χ3n) is 2.55. The summed E-state index contributed by atoms with van der Waals surface area (Å²) in [7, 11) is 0. The number of nitrogens with zero attached hydrogens (tertiary/aromatic N) is 1. The first-order valence-electron chi connectivity index (χ1n) is 6.08. The number of carbonyl (C=O) groups excluding carboxylic acids is 1. The van der Waals surface area contributed by atoms with Crippen LogP contribution in [0, 0.1) is 0 Å². The van der Waals surface area contributed by atoms with Crippen molar-refractivity contribution >= 4 is 38.6 Å². The van der Waals surface area contributed by atoms with Crippen LogP contribution in [0.2, 0.25) is 0 Å². The van der Waals surface area contributed by atoms with Crippen molar-refractivity contribution in [3.63, 3.8) is 0 Å². The molecule has 2 rings (SSSR count). The summed E-state index contributed by atoms with van der Waals surface area (Å²) >= 11 is 0.909. The van der Waals surface area contributed by atoms with Gasteiger partial charge in [0.1, 0.15) is 5.75 Å². The fraction of sp³-hybridized carbons (Fsp3) is 0.250. The second kappa shape index (κ2) is 6.38. The quantitative estimate of drug-likeness (QED) is 0.760. The van der Waals surface area contributed by atoms with Crippen molar-refractivity contribution in [2.45, 2.75) is 18.8 Å². The van der Waals surface area contributed by atoms with Crippen LogP contribution >= 0.6 is 11.3 Å². The Morgan fingerprint density at radius 3 is 2.74 bits per heavy atom. The molecule has 23 heavy (non-hydrogen) atoms. The summed E-state index contributed by atoms with van der Waals surface area (Å²) in [5.74, 6) is -2.39. The van der Waals surface area contributed by atoms with E-state index in [1.165, 1.54) is 6.07 Å². The standard InChI is InChI=1S/C12H10F3N3O4S/c13-12(14,15)22-5-1-2-7-8(3-5)23-11(17-7)18-10(21)6(16)4-9(19)20/h1-3,6H,4,16H2,(H,19,20)(H,17,18,21)/t6-/m0/s1. The van der Waals surface area contributed by atoms with Crippen molar-refractivity contribution < 1.29 is 32.6 Å². The normalized spacial score (nSPS) is 12.9. The van der Waals surface area contributed by atoms with Crippen molar-refractivity contribution in [1.82, 2.24) is 4.98 Å². The van der Waals surface area contributed by atoms with Gasteiger partial charge in [-0.05, 0) is 12.1 Å². The van der Waals surface area contributed by atoms with Crippen LogP contribution in [0.5, 0.6) is 5.75 Å². The maximum absolute atomic E-state index is 12.2. The lowest BCUT2D eigenvalue weighted by Gasteiger charge is -2.07. The monoisotopic (exact) mass is 349 g/mol. The van der Waals surface area contributed by atoms with Gasteiger partial charge < -0.3 is 20.9 Å². The zero-order chi connectivity index (χ0) is 17.2. The number of carboxylic acids is 1. The number of nitrogens with one attached hydrogen (secondary N) is 1. The fourth-order valence-electron chi connectivity index (χ4n) is 1.63. The number of amides is 1. The molecular formula is C12H10F3N3O4S. The number of halogens is 3. The third kappa shape index (κ3) is 4.79. The molecule has 11 heteroatoms. The van der Waals surface area contributed by atoms with Gasteiger partial charge in [0.05, 0.1) is 22.7 Å². The number of aliphatic carboxylic acids is 1. The summed E-state index contributed by atoms with van der Waals surface area (Å²) in [5.41, 5.74) is 5.75. The smallest absolute Gasteiger partial charge is 0.481 e. The average Bonchev–Trinajstić information content (AvgIpc) is 2.77. The molecule has 2 aromatic rings. The van der Waals surface area contributed by atoms with E-state index in [1.54, 1.807) is 0 Å². The number of anilines is 1. The minimum absolute atomic E-state index is 0.0926. The molecule has 7 nitrogen and oxygen atoms in total. The van der Waals surface area contributed by atoms with Crippen molar-refractivity contribution in [2.75, 3.05) is 5.32 Å². The van der Waals surface area contributed by atoms with Crippen LogP contribution in [0.1, 0.15) is 6.42 Å². The summed E-state index contributed by atoms with van der Waals surface area (Å²) in [6.07, 6.45) is -5.36. The first-order chi connectivity index (χ1) is 10.6. The SMILES string of the molecule is N[C@@H](CC(=O)O)C(=O)Nc1nc2ccc(OC(F)(F)F)cc2s1. The first kappa shape index (κ1) is 17.0. The highest BCUT2D eigenvalue weighted by molar-refractivity contribution is 7.22. The summed E-state index contributed by atoms with van der Waals surface area (Å²) in [6.45, 7) is 0. The Labute approximate surface area is 130 Å². The molecule has 0 aliphatic heterocycles. The van der Waals surface area contributed by atoms with Gasteiger partial charge in [-0.15, -0.1) is 13.2 Å². The van der Waals surface area contributed by atoms with Gasteiger partial charge in [-0.2, -0.15) is 0 Å². The number of hydrogen-bond donors (Lipinski definition) is 3. The number of hydrogen-bond acceptors (Lipinski definition) is 6. The number of carboxylic acid groups (broad SMARTS) is 1. The largest absolute Gasteiger partial charge is 0.573 e. The second-order valence-corrected chi connectivity index (χ2v) is 5.42. The molecule has 0 unspecified atom stereocenters. The second-order valence-electron chi connectivity index (χ2n) is 4.39. The summed E-state index contributed by atoms with van der Waals surface area (Å²) < 4.78 is 40.6. The van der Waals surface area contributed by atoms with E-state index in [9.17, 15) is 22.8 Å². The molecule has 1 heterocycles. The van der Waals surface area contributed by atoms with E-state index in [4.69, 9.17) is 10.8 Å². The van der Waals surface area contributed by atoms with Gasteiger partial charge in [-0.1, -0.05) is 11.3 Å². The Morgan fingerprint density at radius 2 is 2.13 bits per heavy atom. The maximum atomic E-state index is 12.2. The van der Waals surface area contributed by atoms with Crippen LogP contribution in [0.4, 0.5) is 18.3 Å². The molecule has 0 saturated carbocycles. The number of aromatic nitrogens is 1. The van der Waals surface area contributed by atoms with Gasteiger partial charge in [-0.25, -0.2) is 4.98 Å². The van der Waals surface area contributed by atoms with E-state index < -0.39 is 36.5 Å². The number of carbonyl (C=O) groups is 2. The zero-order valence-electron chi connectivity index (χ0n) is 11.3. The van der Waals surface area contributed by atoms with Crippen LogP contribution in [-0.4, -0.2) is 34.4 Å². The Hall–Kier alpha value is -2.40. The van der Waals surface area contributed by atoms with Crippen molar-refractivity contribution in [3.8, 4) is 5.75 Å². The van der Waals surface area contributed by atoms with Crippen LogP contribution in [0.15, 0.2) is 18.2 Å². The molecule has 4 N–H and O–H groups in total. The van der Waals surface area contributed by atoms with Crippen LogP contribution in [0.3, 0.4) is 0 Å². The molecule has 1 atom stereocenters. The van der Waals surface area contributed by atoms with Gasteiger partial charge in [-0.3, -0.25) is 9.59 Å². The lowest BCUT2D eigenvalue weighted by molar-refractivity contribution is -0.274. The van der Waals surface area contributed by atoms with E-state index in [1.807, 2.05) is 0 Å². The van der Waals surface area contributed by atoms with Crippen molar-refractivity contribution in [1.29, 1.82) is 0 Å². The summed E-state index contributed by atoms with van der Waals surface area (Å²) in [6, 6.07) is 2.27. The minimum Gasteiger partial charge on any atom is -0.481 e. The highest BCUT2D eigenvalue weighted by atomic mass is 32.1. The summed E-state index contributed by atoms with van der Waals surface area (Å²) in [5, 5.41) is 11.0. The van der Waals surface area contributed by atoms with Gasteiger partial charge in [0, 0.05) is 6.07 Å². The molecule has 0 spiro atoms. The summed E-state index contributed by atoms with van der Waals surface area (Å²) in [4.78, 5) is 26.2. The van der Waals surface area contributed by atoms with E-state index in [-0.39, 0.29) is 5.13 Å². The van der Waals surface area contributed by atoms with Crippen molar-refractivity contribution in [2.24, 2.45) is 5.73 Å². The molecule has 1 aromatic carbocycles. The van der Waals surface area contributed by atoms with Crippen molar-refractivity contribution in [3.05, 3.63) is 18.2 Å². The fourth-order valence-corrected chi connectivity index (χ4v) is 2.53. The molecule has 0 fully saturated rings. The Kier molecular flexibility index (Phi) is 4.71. The predicted octanol–water partition coefficient (Wildman–Crippen LogP) is 1.94.